The number of aromatic nitrogens is 2. The molecular weight excluding hydrogens is 550 g/mol. The highest BCUT2D eigenvalue weighted by atomic mass is 32.2. The maximum atomic E-state index is 13.6. The summed E-state index contributed by atoms with van der Waals surface area (Å²) in [5.74, 6) is -0.640. The van der Waals surface area contributed by atoms with Crippen molar-refractivity contribution in [3.63, 3.8) is 0 Å². The first-order valence-corrected chi connectivity index (χ1v) is 15.2. The minimum absolute atomic E-state index is 0.0407. The van der Waals surface area contributed by atoms with Gasteiger partial charge in [-0.25, -0.2) is 31.5 Å². The quantitative estimate of drug-likeness (QED) is 0.301. The first kappa shape index (κ1) is 28.7. The molecule has 0 aliphatic carbocycles. The van der Waals surface area contributed by atoms with E-state index in [0.29, 0.717) is 22.8 Å². The monoisotopic (exact) mass is 579 g/mol. The van der Waals surface area contributed by atoms with Gasteiger partial charge in [0.05, 0.1) is 15.5 Å². The molecular formula is C28H29N5O5S2. The number of rotatable bonds is 9. The maximum absolute atomic E-state index is 13.6. The Balaban J connectivity index is 1.55. The number of carbonyl (C=O) groups is 1. The zero-order valence-corrected chi connectivity index (χ0v) is 24.0. The van der Waals surface area contributed by atoms with Gasteiger partial charge in [0.25, 0.3) is 20.0 Å². The van der Waals surface area contributed by atoms with Crippen LogP contribution in [-0.2, 0) is 24.8 Å². The number of amides is 1. The molecule has 0 saturated carbocycles. The Hall–Kier alpha value is -4.29. The Morgan fingerprint density at radius 3 is 2.02 bits per heavy atom. The largest absolute Gasteiger partial charge is 0.325 e. The number of carbonyl (C=O) groups excluding carboxylic acids is 1. The van der Waals surface area contributed by atoms with Gasteiger partial charge >= 0.3 is 0 Å². The van der Waals surface area contributed by atoms with E-state index in [1.165, 1.54) is 36.4 Å². The first-order chi connectivity index (χ1) is 18.9. The van der Waals surface area contributed by atoms with Gasteiger partial charge in [-0.05, 0) is 87.4 Å². The number of anilines is 3. The molecule has 0 aliphatic heterocycles. The summed E-state index contributed by atoms with van der Waals surface area (Å²) in [6.45, 7) is 6.63. The molecule has 1 aromatic heterocycles. The van der Waals surface area contributed by atoms with Crippen LogP contribution < -0.4 is 14.3 Å². The van der Waals surface area contributed by atoms with Crippen molar-refractivity contribution in [2.75, 3.05) is 20.9 Å². The molecule has 0 aliphatic rings. The maximum Gasteiger partial charge on any atom is 0.264 e. The lowest BCUT2D eigenvalue weighted by Crippen LogP contribution is -2.38. The average molecular weight is 580 g/mol. The van der Waals surface area contributed by atoms with Crippen LogP contribution in [0.4, 0.5) is 17.3 Å². The molecule has 40 heavy (non-hydrogen) atoms. The van der Waals surface area contributed by atoms with E-state index < -0.39 is 32.5 Å². The second-order valence-corrected chi connectivity index (χ2v) is 12.7. The summed E-state index contributed by atoms with van der Waals surface area (Å²) in [6, 6.07) is 20.4. The predicted molar refractivity (Wildman–Crippen MR) is 154 cm³/mol. The van der Waals surface area contributed by atoms with Crippen molar-refractivity contribution in [1.82, 2.24) is 9.97 Å². The Kier molecular flexibility index (Phi) is 8.21. The summed E-state index contributed by atoms with van der Waals surface area (Å²) in [4.78, 5) is 21.3. The summed E-state index contributed by atoms with van der Waals surface area (Å²) >= 11 is 0. The van der Waals surface area contributed by atoms with Crippen molar-refractivity contribution in [1.29, 1.82) is 0 Å². The van der Waals surface area contributed by atoms with Crippen LogP contribution in [0.5, 0.6) is 0 Å². The summed E-state index contributed by atoms with van der Waals surface area (Å²) in [5.41, 5.74) is 3.53. The molecule has 0 spiro atoms. The molecule has 0 fully saturated rings. The lowest BCUT2D eigenvalue weighted by Gasteiger charge is -2.26. The molecule has 4 rings (SSSR count). The average Bonchev–Trinajstić information content (AvgIpc) is 2.89. The van der Waals surface area contributed by atoms with Gasteiger partial charge in [-0.15, -0.1) is 0 Å². The number of nitrogens with one attached hydrogen (secondary N) is 2. The SMILES string of the molecule is Cc1cc(C)nc(NS(=O)(=O)c2ccc(NC(=O)CN(c3cccc(C)c3C)S(=O)(=O)c3ccccc3)cc2)n1. The third-order valence-electron chi connectivity index (χ3n) is 6.12. The van der Waals surface area contributed by atoms with Gasteiger partial charge < -0.3 is 5.32 Å². The molecule has 1 amide bonds. The van der Waals surface area contributed by atoms with Crippen molar-refractivity contribution >= 4 is 43.3 Å². The highest BCUT2D eigenvalue weighted by Gasteiger charge is 2.28. The molecule has 12 heteroatoms. The number of hydrogen-bond acceptors (Lipinski definition) is 7. The fourth-order valence-corrected chi connectivity index (χ4v) is 6.47. The molecule has 1 heterocycles. The molecule has 10 nitrogen and oxygen atoms in total. The molecule has 0 saturated heterocycles. The molecule has 0 unspecified atom stereocenters. The zero-order chi connectivity index (χ0) is 29.1. The second kappa shape index (κ2) is 11.4. The van der Waals surface area contributed by atoms with E-state index in [2.05, 4.69) is 20.0 Å². The van der Waals surface area contributed by atoms with E-state index in [-0.39, 0.29) is 15.7 Å². The van der Waals surface area contributed by atoms with Gasteiger partial charge in [-0.3, -0.25) is 9.10 Å². The topological polar surface area (TPSA) is 138 Å². The minimum atomic E-state index is -4.07. The Morgan fingerprint density at radius 2 is 1.40 bits per heavy atom. The summed E-state index contributed by atoms with van der Waals surface area (Å²) < 4.78 is 56.2. The van der Waals surface area contributed by atoms with Crippen LogP contribution in [0.25, 0.3) is 0 Å². The fraction of sp³-hybridized carbons (Fsp3) is 0.179. The highest BCUT2D eigenvalue weighted by Crippen LogP contribution is 2.28. The van der Waals surface area contributed by atoms with Gasteiger partial charge in [0.15, 0.2) is 0 Å². The van der Waals surface area contributed by atoms with E-state index in [4.69, 9.17) is 0 Å². The molecule has 0 bridgehead atoms. The first-order valence-electron chi connectivity index (χ1n) is 12.3. The van der Waals surface area contributed by atoms with E-state index >= 15 is 0 Å². The predicted octanol–water partition coefficient (Wildman–Crippen LogP) is 4.35. The molecule has 4 aromatic rings. The van der Waals surface area contributed by atoms with Crippen molar-refractivity contribution in [3.8, 4) is 0 Å². The number of aryl methyl sites for hydroxylation is 3. The number of benzene rings is 3. The Morgan fingerprint density at radius 1 is 0.775 bits per heavy atom. The van der Waals surface area contributed by atoms with Gasteiger partial charge in [-0.2, -0.15) is 0 Å². The van der Waals surface area contributed by atoms with Crippen LogP contribution in [0.1, 0.15) is 22.5 Å². The number of nitrogens with zero attached hydrogens (tertiary/aromatic N) is 3. The summed E-state index contributed by atoms with van der Waals surface area (Å²) in [7, 11) is -8.05. The van der Waals surface area contributed by atoms with Crippen LogP contribution in [-0.4, -0.2) is 39.3 Å². The highest BCUT2D eigenvalue weighted by molar-refractivity contribution is 7.93. The van der Waals surface area contributed by atoms with E-state index in [9.17, 15) is 21.6 Å². The normalized spacial score (nSPS) is 11.6. The van der Waals surface area contributed by atoms with Crippen molar-refractivity contribution in [3.05, 3.63) is 101 Å². The molecule has 208 valence electrons. The fourth-order valence-electron chi connectivity index (χ4n) is 4.02. The van der Waals surface area contributed by atoms with Crippen molar-refractivity contribution < 1.29 is 21.6 Å². The Labute approximate surface area is 234 Å². The lowest BCUT2D eigenvalue weighted by atomic mass is 10.1. The standard InChI is InChI=1S/C28H29N5O5S2/c1-19-9-8-12-26(22(19)4)33(40(37,38)25-10-6-5-7-11-25)18-27(34)31-23-13-15-24(16-14-23)39(35,36)32-28-29-20(2)17-21(3)30-28/h5-17H,18H2,1-4H3,(H,31,34)(H,29,30,32). The van der Waals surface area contributed by atoms with Crippen LogP contribution in [0.2, 0.25) is 0 Å². The van der Waals surface area contributed by atoms with E-state index in [1.807, 2.05) is 13.0 Å². The number of sulfonamides is 2. The van der Waals surface area contributed by atoms with Crippen molar-refractivity contribution in [2.24, 2.45) is 0 Å². The van der Waals surface area contributed by atoms with Gasteiger partial charge in [0.2, 0.25) is 11.9 Å². The number of hydrogen-bond donors (Lipinski definition) is 2. The summed E-state index contributed by atoms with van der Waals surface area (Å²) in [6.07, 6.45) is 0. The zero-order valence-electron chi connectivity index (χ0n) is 22.4. The van der Waals surface area contributed by atoms with Crippen LogP contribution >= 0.6 is 0 Å². The van der Waals surface area contributed by atoms with Gasteiger partial charge in [-0.1, -0.05) is 30.3 Å². The molecule has 0 atom stereocenters. The van der Waals surface area contributed by atoms with E-state index in [1.54, 1.807) is 57.2 Å². The Bertz CT molecular complexity index is 1740. The second-order valence-electron chi connectivity index (χ2n) is 9.20. The van der Waals surface area contributed by atoms with Crippen LogP contribution in [0.15, 0.2) is 88.7 Å². The molecule has 2 N–H and O–H groups in total. The summed E-state index contributed by atoms with van der Waals surface area (Å²) in [5, 5.41) is 2.66. The lowest BCUT2D eigenvalue weighted by molar-refractivity contribution is -0.114. The smallest absolute Gasteiger partial charge is 0.264 e. The third-order valence-corrected chi connectivity index (χ3v) is 9.24. The molecule has 3 aromatic carbocycles. The van der Waals surface area contributed by atoms with E-state index in [0.717, 1.165) is 15.4 Å². The third kappa shape index (κ3) is 6.46. The van der Waals surface area contributed by atoms with Crippen molar-refractivity contribution in [2.45, 2.75) is 37.5 Å². The minimum Gasteiger partial charge on any atom is -0.325 e. The van der Waals surface area contributed by atoms with Gasteiger partial charge in [0.1, 0.15) is 6.54 Å². The van der Waals surface area contributed by atoms with Crippen LogP contribution in [0, 0.1) is 27.7 Å². The van der Waals surface area contributed by atoms with Crippen LogP contribution in [0.3, 0.4) is 0 Å². The molecule has 0 radical (unpaired) electrons. The van der Waals surface area contributed by atoms with Gasteiger partial charge in [0, 0.05) is 17.1 Å².